The number of guanidine groups is 1. The van der Waals surface area contributed by atoms with Crippen molar-refractivity contribution >= 4 is 5.96 Å². The first-order valence-electron chi connectivity index (χ1n) is 8.12. The van der Waals surface area contributed by atoms with Gasteiger partial charge in [0, 0.05) is 25.7 Å². The van der Waals surface area contributed by atoms with Gasteiger partial charge in [-0.15, -0.1) is 0 Å². The number of nitrogens with one attached hydrogen (secondary N) is 2. The second-order valence-corrected chi connectivity index (χ2v) is 5.56. The lowest BCUT2D eigenvalue weighted by Crippen LogP contribution is -2.36. The quantitative estimate of drug-likeness (QED) is 0.595. The Morgan fingerprint density at radius 1 is 1.15 bits per heavy atom. The maximum Gasteiger partial charge on any atom is 0.387 e. The molecule has 144 valence electrons. The van der Waals surface area contributed by atoms with Crippen molar-refractivity contribution in [3.8, 4) is 17.2 Å². The van der Waals surface area contributed by atoms with Crippen molar-refractivity contribution in [1.29, 1.82) is 0 Å². The van der Waals surface area contributed by atoms with Crippen molar-refractivity contribution in [1.82, 2.24) is 10.6 Å². The molecule has 27 heavy (non-hydrogen) atoms. The van der Waals surface area contributed by atoms with Gasteiger partial charge < -0.3 is 24.8 Å². The molecule has 0 saturated carbocycles. The average molecular weight is 381 g/mol. The second kappa shape index (κ2) is 8.52. The molecule has 0 saturated heterocycles. The van der Waals surface area contributed by atoms with E-state index in [2.05, 4.69) is 20.4 Å². The number of fused-ring (bicyclic) bond motifs is 1. The summed E-state index contributed by atoms with van der Waals surface area (Å²) in [6.07, 6.45) is 0. The predicted molar refractivity (Wildman–Crippen MR) is 92.6 cm³/mol. The van der Waals surface area contributed by atoms with Crippen LogP contribution in [0.5, 0.6) is 17.2 Å². The summed E-state index contributed by atoms with van der Waals surface area (Å²) < 4.78 is 53.9. The van der Waals surface area contributed by atoms with Crippen LogP contribution in [0.4, 0.5) is 13.2 Å². The van der Waals surface area contributed by atoms with E-state index in [1.807, 2.05) is 18.2 Å². The van der Waals surface area contributed by atoms with Crippen LogP contribution >= 0.6 is 0 Å². The van der Waals surface area contributed by atoms with E-state index in [1.165, 1.54) is 18.2 Å². The number of benzene rings is 2. The summed E-state index contributed by atoms with van der Waals surface area (Å²) in [7, 11) is 1.55. The summed E-state index contributed by atoms with van der Waals surface area (Å²) in [5, 5.41) is 5.94. The van der Waals surface area contributed by atoms with Gasteiger partial charge in [-0.2, -0.15) is 8.78 Å². The summed E-state index contributed by atoms with van der Waals surface area (Å²) in [4.78, 5) is 4.04. The van der Waals surface area contributed by atoms with Crippen molar-refractivity contribution in [3.05, 3.63) is 53.3 Å². The Bertz CT molecular complexity index is 831. The number of aliphatic imine (C=N–C) groups is 1. The van der Waals surface area contributed by atoms with Crippen LogP contribution in [0.2, 0.25) is 0 Å². The number of hydrogen-bond acceptors (Lipinski definition) is 4. The molecule has 0 unspecified atom stereocenters. The first-order valence-corrected chi connectivity index (χ1v) is 8.12. The Morgan fingerprint density at radius 2 is 1.93 bits per heavy atom. The third kappa shape index (κ3) is 4.75. The Balaban J connectivity index is 1.60. The molecule has 1 aliphatic heterocycles. The Kier molecular flexibility index (Phi) is 5.90. The van der Waals surface area contributed by atoms with Crippen molar-refractivity contribution in [2.75, 3.05) is 13.8 Å². The number of rotatable bonds is 6. The molecule has 0 aliphatic carbocycles. The fraction of sp³-hybridized carbons (Fsp3) is 0.278. The number of halogens is 3. The predicted octanol–water partition coefficient (Wildman–Crippen LogP) is 3.02. The van der Waals surface area contributed by atoms with Crippen LogP contribution in [0, 0.1) is 5.82 Å². The molecular formula is C18H18F3N3O3. The van der Waals surface area contributed by atoms with E-state index in [-0.39, 0.29) is 24.7 Å². The largest absolute Gasteiger partial charge is 0.454 e. The highest BCUT2D eigenvalue weighted by Crippen LogP contribution is 2.32. The zero-order chi connectivity index (χ0) is 19.2. The van der Waals surface area contributed by atoms with Crippen LogP contribution in [-0.4, -0.2) is 26.4 Å². The second-order valence-electron chi connectivity index (χ2n) is 5.56. The summed E-state index contributed by atoms with van der Waals surface area (Å²) in [6, 6.07) is 9.30. The molecule has 6 nitrogen and oxygen atoms in total. The number of alkyl halides is 2. The van der Waals surface area contributed by atoms with Gasteiger partial charge in [0.1, 0.15) is 11.6 Å². The van der Waals surface area contributed by atoms with E-state index in [0.29, 0.717) is 24.0 Å². The third-order valence-electron chi connectivity index (χ3n) is 3.85. The maximum atomic E-state index is 14.0. The Hall–Kier alpha value is -3.10. The molecule has 2 N–H and O–H groups in total. The minimum absolute atomic E-state index is 0.0103. The van der Waals surface area contributed by atoms with E-state index >= 15 is 0 Å². The molecule has 0 aromatic heterocycles. The van der Waals surface area contributed by atoms with E-state index in [9.17, 15) is 13.2 Å². The lowest BCUT2D eigenvalue weighted by Gasteiger charge is -2.15. The van der Waals surface area contributed by atoms with E-state index in [4.69, 9.17) is 9.47 Å². The number of nitrogens with zero attached hydrogens (tertiary/aromatic N) is 1. The van der Waals surface area contributed by atoms with E-state index in [1.54, 1.807) is 7.05 Å². The van der Waals surface area contributed by atoms with E-state index in [0.717, 1.165) is 5.56 Å². The Labute approximate surface area is 154 Å². The van der Waals surface area contributed by atoms with Gasteiger partial charge in [-0.05, 0) is 29.8 Å². The molecule has 0 spiro atoms. The highest BCUT2D eigenvalue weighted by atomic mass is 19.3. The molecule has 0 amide bonds. The fourth-order valence-electron chi connectivity index (χ4n) is 2.55. The first kappa shape index (κ1) is 18.7. The topological polar surface area (TPSA) is 64.1 Å². The maximum absolute atomic E-state index is 14.0. The van der Waals surface area contributed by atoms with Gasteiger partial charge in [-0.25, -0.2) is 4.39 Å². The summed E-state index contributed by atoms with van der Waals surface area (Å²) in [5.41, 5.74) is 0.915. The molecule has 0 bridgehead atoms. The standard InChI is InChI=1S/C18H18F3N3O3/c1-22-18(23-8-11-5-6-15-16(7-11)26-10-25-15)24-9-12-13(19)3-2-4-14(12)27-17(20)21/h2-7,17H,8-10H2,1H3,(H2,22,23,24). The van der Waals surface area contributed by atoms with E-state index < -0.39 is 12.4 Å². The SMILES string of the molecule is CN=C(NCc1ccc2c(c1)OCO2)NCc1c(F)cccc1OC(F)F. The van der Waals surface area contributed by atoms with Crippen molar-refractivity contribution in [2.45, 2.75) is 19.7 Å². The van der Waals surface area contributed by atoms with Gasteiger partial charge in [-0.3, -0.25) is 4.99 Å². The molecule has 3 rings (SSSR count). The molecule has 2 aromatic carbocycles. The molecule has 1 aliphatic rings. The number of ether oxygens (including phenoxy) is 3. The molecule has 1 heterocycles. The van der Waals surface area contributed by atoms with Crippen LogP contribution in [-0.2, 0) is 13.1 Å². The zero-order valence-electron chi connectivity index (χ0n) is 14.5. The minimum Gasteiger partial charge on any atom is -0.454 e. The summed E-state index contributed by atoms with van der Waals surface area (Å²) >= 11 is 0. The van der Waals surface area contributed by atoms with Crippen LogP contribution in [0.15, 0.2) is 41.4 Å². The lowest BCUT2D eigenvalue weighted by atomic mass is 10.2. The highest BCUT2D eigenvalue weighted by molar-refractivity contribution is 5.79. The van der Waals surface area contributed by atoms with Crippen LogP contribution in [0.1, 0.15) is 11.1 Å². The molecule has 0 radical (unpaired) electrons. The molecular weight excluding hydrogens is 363 g/mol. The van der Waals surface area contributed by atoms with Crippen molar-refractivity contribution in [2.24, 2.45) is 4.99 Å². The third-order valence-corrected chi connectivity index (χ3v) is 3.85. The normalized spacial score (nSPS) is 13.0. The van der Waals surface area contributed by atoms with Gasteiger partial charge >= 0.3 is 6.61 Å². The van der Waals surface area contributed by atoms with Gasteiger partial charge in [0.25, 0.3) is 0 Å². The van der Waals surface area contributed by atoms with Crippen LogP contribution in [0.25, 0.3) is 0 Å². The van der Waals surface area contributed by atoms with Crippen LogP contribution in [0.3, 0.4) is 0 Å². The van der Waals surface area contributed by atoms with Crippen molar-refractivity contribution < 1.29 is 27.4 Å². The number of hydrogen-bond donors (Lipinski definition) is 2. The van der Waals surface area contributed by atoms with Crippen molar-refractivity contribution in [3.63, 3.8) is 0 Å². The average Bonchev–Trinajstić information content (AvgIpc) is 3.11. The fourth-order valence-corrected chi connectivity index (χ4v) is 2.55. The van der Waals surface area contributed by atoms with Gasteiger partial charge in [0.15, 0.2) is 17.5 Å². The first-order chi connectivity index (χ1) is 13.1. The highest BCUT2D eigenvalue weighted by Gasteiger charge is 2.15. The van der Waals surface area contributed by atoms with Gasteiger partial charge in [-0.1, -0.05) is 12.1 Å². The smallest absolute Gasteiger partial charge is 0.387 e. The molecule has 0 atom stereocenters. The molecule has 9 heteroatoms. The summed E-state index contributed by atoms with van der Waals surface area (Å²) in [6.45, 7) is -2.49. The lowest BCUT2D eigenvalue weighted by molar-refractivity contribution is -0.0506. The Morgan fingerprint density at radius 3 is 2.70 bits per heavy atom. The zero-order valence-corrected chi connectivity index (χ0v) is 14.5. The summed E-state index contributed by atoms with van der Waals surface area (Å²) in [5.74, 6) is 0.860. The van der Waals surface area contributed by atoms with Gasteiger partial charge in [0.2, 0.25) is 6.79 Å². The monoisotopic (exact) mass is 381 g/mol. The van der Waals surface area contributed by atoms with Gasteiger partial charge in [0.05, 0.1) is 0 Å². The molecule has 0 fully saturated rings. The minimum atomic E-state index is -3.03. The van der Waals surface area contributed by atoms with Crippen LogP contribution < -0.4 is 24.8 Å². The molecule has 2 aromatic rings.